The van der Waals surface area contributed by atoms with Crippen LogP contribution in [0, 0.1) is 19.8 Å². The Labute approximate surface area is 194 Å². The van der Waals surface area contributed by atoms with Crippen LogP contribution in [0.25, 0.3) is 11.0 Å². The van der Waals surface area contributed by atoms with E-state index in [0.29, 0.717) is 22.6 Å². The van der Waals surface area contributed by atoms with E-state index in [9.17, 15) is 14.4 Å². The Kier molecular flexibility index (Phi) is 7.36. The molecule has 0 aliphatic rings. The van der Waals surface area contributed by atoms with E-state index in [1.807, 2.05) is 52.0 Å². The largest absolute Gasteiger partial charge is 0.459 e. The van der Waals surface area contributed by atoms with Crippen LogP contribution < -0.4 is 10.9 Å². The van der Waals surface area contributed by atoms with E-state index in [0.717, 1.165) is 22.1 Å². The van der Waals surface area contributed by atoms with Gasteiger partial charge in [-0.05, 0) is 61.1 Å². The third-order valence-electron chi connectivity index (χ3n) is 5.73. The average Bonchev–Trinajstić information content (AvgIpc) is 2.74. The van der Waals surface area contributed by atoms with E-state index in [1.54, 1.807) is 12.1 Å². The molecule has 0 aliphatic heterocycles. The van der Waals surface area contributed by atoms with Gasteiger partial charge in [0.25, 0.3) is 5.91 Å². The summed E-state index contributed by atoms with van der Waals surface area (Å²) < 4.78 is 10.9. The van der Waals surface area contributed by atoms with E-state index in [-0.39, 0.29) is 18.4 Å². The fraction of sp³-hybridized carbons (Fsp3) is 0.370. The van der Waals surface area contributed by atoms with E-state index < -0.39 is 17.6 Å². The van der Waals surface area contributed by atoms with E-state index in [2.05, 4.69) is 19.2 Å². The quantitative estimate of drug-likeness (QED) is 0.404. The summed E-state index contributed by atoms with van der Waals surface area (Å²) in [5.41, 5.74) is 4.22. The third-order valence-corrected chi connectivity index (χ3v) is 5.73. The van der Waals surface area contributed by atoms with Gasteiger partial charge in [-0.1, -0.05) is 45.4 Å². The number of nitrogens with one attached hydrogen (secondary N) is 1. The van der Waals surface area contributed by atoms with Gasteiger partial charge in [-0.25, -0.2) is 9.59 Å². The molecule has 0 fully saturated rings. The van der Waals surface area contributed by atoms with Crippen LogP contribution in [-0.2, 0) is 16.1 Å². The first-order valence-electron chi connectivity index (χ1n) is 11.2. The highest BCUT2D eigenvalue weighted by molar-refractivity contribution is 5.96. The Morgan fingerprint density at radius 1 is 1.00 bits per heavy atom. The fourth-order valence-corrected chi connectivity index (χ4v) is 3.80. The van der Waals surface area contributed by atoms with Crippen molar-refractivity contribution in [3.63, 3.8) is 0 Å². The predicted octanol–water partition coefficient (Wildman–Crippen LogP) is 5.03. The SMILES string of the molecule is Cc1ccc(C(=O)NC(C(=O)OCc2cc(=O)oc3cc(C)c(C(C)C)cc23)C(C)C)cc1. The van der Waals surface area contributed by atoms with Gasteiger partial charge in [0.15, 0.2) is 0 Å². The molecule has 1 heterocycles. The lowest BCUT2D eigenvalue weighted by Crippen LogP contribution is -2.45. The second-order valence-electron chi connectivity index (χ2n) is 9.12. The summed E-state index contributed by atoms with van der Waals surface area (Å²) in [4.78, 5) is 37.6. The molecule has 1 aromatic heterocycles. The first-order chi connectivity index (χ1) is 15.6. The normalized spacial score (nSPS) is 12.2. The molecule has 0 bridgehead atoms. The molecular weight excluding hydrogens is 418 g/mol. The number of carbonyl (C=O) groups is 2. The second kappa shape index (κ2) is 10.0. The first-order valence-corrected chi connectivity index (χ1v) is 11.2. The van der Waals surface area contributed by atoms with Gasteiger partial charge in [-0.15, -0.1) is 0 Å². The van der Waals surface area contributed by atoms with E-state index >= 15 is 0 Å². The van der Waals surface area contributed by atoms with Crippen molar-refractivity contribution in [1.29, 1.82) is 0 Å². The Morgan fingerprint density at radius 2 is 1.67 bits per heavy atom. The number of amides is 1. The zero-order valence-electron chi connectivity index (χ0n) is 20.0. The lowest BCUT2D eigenvalue weighted by Gasteiger charge is -2.21. The van der Waals surface area contributed by atoms with Crippen molar-refractivity contribution in [2.75, 3.05) is 0 Å². The number of esters is 1. The fourth-order valence-electron chi connectivity index (χ4n) is 3.80. The van der Waals surface area contributed by atoms with Crippen LogP contribution in [0.2, 0.25) is 0 Å². The summed E-state index contributed by atoms with van der Waals surface area (Å²) in [5, 5.41) is 3.51. The molecule has 0 saturated heterocycles. The minimum Gasteiger partial charge on any atom is -0.459 e. The van der Waals surface area contributed by atoms with Crippen LogP contribution >= 0.6 is 0 Å². The molecule has 3 aromatic rings. The Morgan fingerprint density at radius 3 is 2.27 bits per heavy atom. The number of aryl methyl sites for hydroxylation is 2. The molecule has 1 unspecified atom stereocenters. The zero-order valence-corrected chi connectivity index (χ0v) is 20.0. The van der Waals surface area contributed by atoms with Crippen LogP contribution in [0.3, 0.4) is 0 Å². The number of hydrogen-bond donors (Lipinski definition) is 1. The molecule has 0 spiro atoms. The summed E-state index contributed by atoms with van der Waals surface area (Å²) in [6, 6.07) is 11.5. The van der Waals surface area contributed by atoms with Gasteiger partial charge in [0.2, 0.25) is 0 Å². The van der Waals surface area contributed by atoms with Gasteiger partial charge in [-0.3, -0.25) is 4.79 Å². The van der Waals surface area contributed by atoms with Crippen LogP contribution in [0.5, 0.6) is 0 Å². The number of ether oxygens (including phenoxy) is 1. The van der Waals surface area contributed by atoms with Crippen molar-refractivity contribution in [3.05, 3.63) is 80.7 Å². The van der Waals surface area contributed by atoms with Gasteiger partial charge >= 0.3 is 11.6 Å². The monoisotopic (exact) mass is 449 g/mol. The number of benzene rings is 2. The van der Waals surface area contributed by atoms with Crippen LogP contribution in [0.1, 0.15) is 66.2 Å². The van der Waals surface area contributed by atoms with Gasteiger partial charge < -0.3 is 14.5 Å². The average molecular weight is 450 g/mol. The van der Waals surface area contributed by atoms with Gasteiger partial charge in [-0.2, -0.15) is 0 Å². The van der Waals surface area contributed by atoms with Crippen molar-refractivity contribution in [1.82, 2.24) is 5.32 Å². The van der Waals surface area contributed by atoms with Crippen molar-refractivity contribution in [3.8, 4) is 0 Å². The third kappa shape index (κ3) is 5.69. The topological polar surface area (TPSA) is 85.6 Å². The molecule has 2 aromatic carbocycles. The number of hydrogen-bond acceptors (Lipinski definition) is 5. The lowest BCUT2D eigenvalue weighted by atomic mass is 9.95. The van der Waals surface area contributed by atoms with Crippen molar-refractivity contribution in [2.24, 2.45) is 5.92 Å². The molecule has 0 radical (unpaired) electrons. The number of fused-ring (bicyclic) bond motifs is 1. The highest BCUT2D eigenvalue weighted by Gasteiger charge is 2.26. The highest BCUT2D eigenvalue weighted by Crippen LogP contribution is 2.27. The Bertz CT molecular complexity index is 1220. The summed E-state index contributed by atoms with van der Waals surface area (Å²) in [7, 11) is 0. The molecule has 33 heavy (non-hydrogen) atoms. The van der Waals surface area contributed by atoms with Gasteiger partial charge in [0, 0.05) is 22.6 Å². The van der Waals surface area contributed by atoms with Crippen molar-refractivity contribution >= 4 is 22.8 Å². The molecule has 6 heteroatoms. The molecule has 6 nitrogen and oxygen atoms in total. The van der Waals surface area contributed by atoms with Crippen molar-refractivity contribution < 1.29 is 18.7 Å². The van der Waals surface area contributed by atoms with Crippen LogP contribution in [-0.4, -0.2) is 17.9 Å². The maximum absolute atomic E-state index is 12.9. The van der Waals surface area contributed by atoms with Gasteiger partial charge in [0.05, 0.1) is 0 Å². The maximum Gasteiger partial charge on any atom is 0.336 e. The highest BCUT2D eigenvalue weighted by atomic mass is 16.5. The minimum absolute atomic E-state index is 0.0921. The molecule has 174 valence electrons. The van der Waals surface area contributed by atoms with Gasteiger partial charge in [0.1, 0.15) is 18.2 Å². The molecule has 1 N–H and O–H groups in total. The van der Waals surface area contributed by atoms with E-state index in [1.165, 1.54) is 6.07 Å². The molecule has 0 saturated carbocycles. The maximum atomic E-state index is 12.9. The Hall–Kier alpha value is -3.41. The number of carbonyl (C=O) groups excluding carboxylic acids is 2. The van der Waals surface area contributed by atoms with E-state index in [4.69, 9.17) is 9.15 Å². The summed E-state index contributed by atoms with van der Waals surface area (Å²) in [6.07, 6.45) is 0. The minimum atomic E-state index is -0.821. The standard InChI is InChI=1S/C27H31NO5/c1-15(2)21-13-22-20(12-24(29)33-23(22)11-18(21)6)14-32-27(31)25(16(3)4)28-26(30)19-9-7-17(5)8-10-19/h7-13,15-16,25H,14H2,1-6H3,(H,28,30). The second-order valence-corrected chi connectivity index (χ2v) is 9.12. The summed E-state index contributed by atoms with van der Waals surface area (Å²) in [6.45, 7) is 11.7. The summed E-state index contributed by atoms with van der Waals surface area (Å²) in [5.74, 6) is -0.782. The molecule has 1 atom stereocenters. The summed E-state index contributed by atoms with van der Waals surface area (Å²) >= 11 is 0. The molecule has 1 amide bonds. The molecular formula is C27H31NO5. The predicted molar refractivity (Wildman–Crippen MR) is 128 cm³/mol. The first kappa shape index (κ1) is 24.2. The van der Waals surface area contributed by atoms with Crippen LogP contribution in [0.4, 0.5) is 0 Å². The molecule has 3 rings (SSSR count). The lowest BCUT2D eigenvalue weighted by molar-refractivity contribution is -0.148. The smallest absolute Gasteiger partial charge is 0.336 e. The molecule has 0 aliphatic carbocycles. The number of rotatable bonds is 7. The van der Waals surface area contributed by atoms with Crippen LogP contribution in [0.15, 0.2) is 51.7 Å². The Balaban J connectivity index is 1.81. The zero-order chi connectivity index (χ0) is 24.3. The van der Waals surface area contributed by atoms with Crippen molar-refractivity contribution in [2.45, 2.75) is 60.1 Å².